The Balaban J connectivity index is 1.38. The highest BCUT2D eigenvalue weighted by Gasteiger charge is 2.32. The van der Waals surface area contributed by atoms with Crippen molar-refractivity contribution < 1.29 is 9.53 Å². The Labute approximate surface area is 169 Å². The molecule has 4 rings (SSSR count). The number of methoxy groups -OCH3 is 1. The van der Waals surface area contributed by atoms with Crippen LogP contribution in [-0.4, -0.2) is 46.6 Å². The molecule has 1 N–H and O–H groups in total. The van der Waals surface area contributed by atoms with Crippen LogP contribution < -0.4 is 15.0 Å². The first-order valence-electron chi connectivity index (χ1n) is 9.90. The summed E-state index contributed by atoms with van der Waals surface area (Å²) in [4.78, 5) is 14.7. The zero-order valence-electron chi connectivity index (χ0n) is 16.4. The summed E-state index contributed by atoms with van der Waals surface area (Å²) in [6.07, 6.45) is 4.73. The van der Waals surface area contributed by atoms with Crippen LogP contribution in [-0.2, 0) is 4.79 Å². The lowest BCUT2D eigenvalue weighted by molar-refractivity contribution is -0.113. The Morgan fingerprint density at radius 1 is 1.18 bits per heavy atom. The van der Waals surface area contributed by atoms with Gasteiger partial charge in [-0.1, -0.05) is 18.7 Å². The van der Waals surface area contributed by atoms with E-state index in [-0.39, 0.29) is 5.91 Å². The van der Waals surface area contributed by atoms with E-state index in [1.54, 1.807) is 7.11 Å². The molecule has 0 atom stereocenters. The smallest absolute Gasteiger partial charge is 0.234 e. The third-order valence-corrected chi connectivity index (χ3v) is 6.27. The van der Waals surface area contributed by atoms with Crippen LogP contribution in [0.25, 0.3) is 0 Å². The van der Waals surface area contributed by atoms with E-state index in [1.165, 1.54) is 37.4 Å². The number of rotatable bonds is 7. The Morgan fingerprint density at radius 2 is 1.89 bits per heavy atom. The number of nitrogens with one attached hydrogen (secondary N) is 1. The average molecular weight is 402 g/mol. The Bertz CT molecular complexity index is 811. The van der Waals surface area contributed by atoms with Crippen molar-refractivity contribution in [3.63, 3.8) is 0 Å². The number of aromatic nitrogens is 3. The van der Waals surface area contributed by atoms with Gasteiger partial charge in [-0.05, 0) is 55.9 Å². The molecule has 2 aliphatic rings. The number of benzene rings is 1. The predicted octanol–water partition coefficient (Wildman–Crippen LogP) is 3.59. The highest BCUT2D eigenvalue weighted by atomic mass is 32.2. The number of ether oxygens (including phenoxy) is 1. The molecule has 1 amide bonds. The number of nitrogens with zero attached hydrogens (tertiary/aromatic N) is 4. The molecule has 2 heterocycles. The minimum absolute atomic E-state index is 0.0474. The van der Waals surface area contributed by atoms with Crippen LogP contribution in [0.5, 0.6) is 5.75 Å². The summed E-state index contributed by atoms with van der Waals surface area (Å²) in [6.45, 7) is 4.38. The fourth-order valence-electron chi connectivity index (χ4n) is 3.45. The largest absolute Gasteiger partial charge is 0.497 e. The summed E-state index contributed by atoms with van der Waals surface area (Å²) in [5.41, 5.74) is 0.762. The van der Waals surface area contributed by atoms with Crippen molar-refractivity contribution in [1.29, 1.82) is 0 Å². The number of carbonyl (C=O) groups excluding carboxylic acids is 1. The van der Waals surface area contributed by atoms with E-state index in [4.69, 9.17) is 4.74 Å². The van der Waals surface area contributed by atoms with Crippen molar-refractivity contribution >= 4 is 29.3 Å². The SMILES string of the molecule is COc1ccc(NC(=O)CSc2nnc(N3CCC(C)CC3)n2C2CC2)cc1. The molecular formula is C20H27N5O2S. The molecule has 2 aromatic rings. The van der Waals surface area contributed by atoms with Crippen LogP contribution in [0.3, 0.4) is 0 Å². The molecule has 0 radical (unpaired) electrons. The van der Waals surface area contributed by atoms with E-state index in [0.29, 0.717) is 11.8 Å². The maximum atomic E-state index is 12.4. The fraction of sp³-hybridized carbons (Fsp3) is 0.550. The Hall–Kier alpha value is -2.22. The van der Waals surface area contributed by atoms with Crippen LogP contribution in [0.15, 0.2) is 29.4 Å². The van der Waals surface area contributed by atoms with Gasteiger partial charge in [0, 0.05) is 24.8 Å². The fourth-order valence-corrected chi connectivity index (χ4v) is 4.25. The van der Waals surface area contributed by atoms with Gasteiger partial charge in [-0.25, -0.2) is 0 Å². The van der Waals surface area contributed by atoms with E-state index in [0.717, 1.165) is 41.5 Å². The minimum Gasteiger partial charge on any atom is -0.497 e. The highest BCUT2D eigenvalue weighted by Crippen LogP contribution is 2.41. The first-order valence-corrected chi connectivity index (χ1v) is 10.9. The van der Waals surface area contributed by atoms with Crippen molar-refractivity contribution in [2.75, 3.05) is 36.2 Å². The number of carbonyl (C=O) groups is 1. The van der Waals surface area contributed by atoms with Crippen LogP contribution in [0, 0.1) is 5.92 Å². The summed E-state index contributed by atoms with van der Waals surface area (Å²) in [6, 6.07) is 7.82. The quantitative estimate of drug-likeness (QED) is 0.715. The number of thioether (sulfide) groups is 1. The molecule has 1 saturated carbocycles. The van der Waals surface area contributed by atoms with E-state index < -0.39 is 0 Å². The molecule has 1 aromatic carbocycles. The second-order valence-electron chi connectivity index (χ2n) is 7.62. The second-order valence-corrected chi connectivity index (χ2v) is 8.56. The molecule has 28 heavy (non-hydrogen) atoms. The van der Waals surface area contributed by atoms with E-state index in [2.05, 4.69) is 31.9 Å². The average Bonchev–Trinajstić information content (AvgIpc) is 3.47. The third-order valence-electron chi connectivity index (χ3n) is 5.33. The molecular weight excluding hydrogens is 374 g/mol. The lowest BCUT2D eigenvalue weighted by atomic mass is 10.00. The van der Waals surface area contributed by atoms with Crippen molar-refractivity contribution in [2.24, 2.45) is 5.92 Å². The van der Waals surface area contributed by atoms with Gasteiger partial charge in [0.2, 0.25) is 11.9 Å². The molecule has 2 fully saturated rings. The first kappa shape index (κ1) is 19.1. The van der Waals surface area contributed by atoms with Crippen LogP contribution >= 0.6 is 11.8 Å². The van der Waals surface area contributed by atoms with Gasteiger partial charge in [0.05, 0.1) is 12.9 Å². The van der Waals surface area contributed by atoms with Crippen LogP contribution in [0.1, 0.15) is 38.6 Å². The van der Waals surface area contributed by atoms with Gasteiger partial charge >= 0.3 is 0 Å². The van der Waals surface area contributed by atoms with Crippen molar-refractivity contribution in [2.45, 2.75) is 43.8 Å². The lowest BCUT2D eigenvalue weighted by Gasteiger charge is -2.31. The van der Waals surface area contributed by atoms with Crippen LogP contribution in [0.2, 0.25) is 0 Å². The molecule has 8 heteroatoms. The van der Waals surface area contributed by atoms with Crippen molar-refractivity contribution in [3.8, 4) is 5.75 Å². The molecule has 1 aliphatic heterocycles. The van der Waals surface area contributed by atoms with E-state index in [1.807, 2.05) is 24.3 Å². The van der Waals surface area contributed by atoms with Gasteiger partial charge < -0.3 is 15.0 Å². The maximum absolute atomic E-state index is 12.4. The topological polar surface area (TPSA) is 72.3 Å². The summed E-state index contributed by atoms with van der Waals surface area (Å²) in [7, 11) is 1.62. The standard InChI is InChI=1S/C20H27N5O2S/c1-14-9-11-24(12-10-14)19-22-23-20(25(19)16-5-6-16)28-13-18(26)21-15-3-7-17(27-2)8-4-15/h3-4,7-8,14,16H,5-6,9-13H2,1-2H3,(H,21,26). The van der Waals surface area contributed by atoms with Crippen molar-refractivity contribution in [3.05, 3.63) is 24.3 Å². The highest BCUT2D eigenvalue weighted by molar-refractivity contribution is 7.99. The number of amides is 1. The van der Waals surface area contributed by atoms with Gasteiger partial charge in [0.25, 0.3) is 0 Å². The normalized spacial score (nSPS) is 17.6. The molecule has 1 aliphatic carbocycles. The number of hydrogen-bond donors (Lipinski definition) is 1. The molecule has 7 nitrogen and oxygen atoms in total. The lowest BCUT2D eigenvalue weighted by Crippen LogP contribution is -2.34. The molecule has 150 valence electrons. The van der Waals surface area contributed by atoms with E-state index >= 15 is 0 Å². The second kappa shape index (κ2) is 8.43. The van der Waals surface area contributed by atoms with Gasteiger partial charge in [-0.2, -0.15) is 0 Å². The Morgan fingerprint density at radius 3 is 2.54 bits per heavy atom. The summed E-state index contributed by atoms with van der Waals surface area (Å²) >= 11 is 1.46. The molecule has 1 aromatic heterocycles. The van der Waals surface area contributed by atoms with Gasteiger partial charge in [-0.3, -0.25) is 9.36 Å². The predicted molar refractivity (Wildman–Crippen MR) is 111 cm³/mol. The van der Waals surface area contributed by atoms with Gasteiger partial charge in [0.15, 0.2) is 5.16 Å². The maximum Gasteiger partial charge on any atom is 0.234 e. The number of anilines is 2. The minimum atomic E-state index is -0.0474. The number of piperidine rings is 1. The molecule has 0 spiro atoms. The summed E-state index contributed by atoms with van der Waals surface area (Å²) in [5, 5.41) is 12.7. The zero-order valence-corrected chi connectivity index (χ0v) is 17.2. The molecule has 0 unspecified atom stereocenters. The molecule has 1 saturated heterocycles. The first-order chi connectivity index (χ1) is 13.6. The van der Waals surface area contributed by atoms with Crippen LogP contribution in [0.4, 0.5) is 11.6 Å². The number of hydrogen-bond acceptors (Lipinski definition) is 6. The van der Waals surface area contributed by atoms with Crippen molar-refractivity contribution in [1.82, 2.24) is 14.8 Å². The summed E-state index contributed by atoms with van der Waals surface area (Å²) in [5.74, 6) is 2.79. The molecule has 0 bridgehead atoms. The Kier molecular flexibility index (Phi) is 5.75. The van der Waals surface area contributed by atoms with Gasteiger partial charge in [-0.15, -0.1) is 10.2 Å². The summed E-state index contributed by atoms with van der Waals surface area (Å²) < 4.78 is 7.39. The third kappa shape index (κ3) is 4.43. The van der Waals surface area contributed by atoms with E-state index in [9.17, 15) is 4.79 Å². The monoisotopic (exact) mass is 401 g/mol. The van der Waals surface area contributed by atoms with Gasteiger partial charge in [0.1, 0.15) is 5.75 Å². The zero-order chi connectivity index (χ0) is 19.5.